The molecule has 22 heavy (non-hydrogen) atoms. The van der Waals surface area contributed by atoms with Gasteiger partial charge in [0.1, 0.15) is 0 Å². The van der Waals surface area contributed by atoms with E-state index in [1.54, 1.807) is 6.92 Å². The van der Waals surface area contributed by atoms with Crippen molar-refractivity contribution in [3.63, 3.8) is 0 Å². The van der Waals surface area contributed by atoms with E-state index in [2.05, 4.69) is 6.92 Å². The number of unbranched alkanes of at least 4 members (excludes halogenated alkanes) is 7. The molecule has 0 aliphatic rings. The van der Waals surface area contributed by atoms with Gasteiger partial charge in [0.15, 0.2) is 0 Å². The number of ether oxygens (including phenoxy) is 1. The van der Waals surface area contributed by atoms with Crippen LogP contribution in [0.25, 0.3) is 0 Å². The fourth-order valence-corrected chi connectivity index (χ4v) is 3.04. The van der Waals surface area contributed by atoms with Crippen molar-refractivity contribution in [1.82, 2.24) is 0 Å². The number of hydrogen-bond acceptors (Lipinski definition) is 4. The van der Waals surface area contributed by atoms with Crippen molar-refractivity contribution in [3.8, 4) is 0 Å². The van der Waals surface area contributed by atoms with E-state index in [0.717, 1.165) is 19.3 Å². The highest BCUT2D eigenvalue weighted by atomic mass is 32.2. The van der Waals surface area contributed by atoms with Gasteiger partial charge in [0.25, 0.3) is 10.1 Å². The molecule has 0 saturated heterocycles. The second-order valence-corrected chi connectivity index (χ2v) is 7.36. The normalized spacial score (nSPS) is 13.0. The number of carbonyl (C=O) groups is 1. The van der Waals surface area contributed by atoms with Gasteiger partial charge in [0, 0.05) is 0 Å². The molecule has 0 aromatic carbocycles. The maximum Gasteiger partial charge on any atom is 0.308 e. The molecule has 0 spiro atoms. The van der Waals surface area contributed by atoms with Crippen molar-refractivity contribution in [2.75, 3.05) is 12.4 Å². The lowest BCUT2D eigenvalue weighted by atomic mass is 9.98. The molecule has 0 radical (unpaired) electrons. The molecule has 5 nitrogen and oxygen atoms in total. The molecule has 132 valence electrons. The fraction of sp³-hybridized carbons (Fsp3) is 0.938. The summed E-state index contributed by atoms with van der Waals surface area (Å²) in [4.78, 5) is 11.8. The van der Waals surface area contributed by atoms with Crippen molar-refractivity contribution >= 4 is 16.1 Å². The van der Waals surface area contributed by atoms with Crippen LogP contribution in [-0.2, 0) is 19.6 Å². The predicted molar refractivity (Wildman–Crippen MR) is 88.4 cm³/mol. The molecular weight excluding hydrogens is 304 g/mol. The molecule has 0 aliphatic carbocycles. The van der Waals surface area contributed by atoms with Gasteiger partial charge in [0.2, 0.25) is 0 Å². The molecular formula is C16H32O5S. The van der Waals surface area contributed by atoms with Gasteiger partial charge >= 0.3 is 5.97 Å². The van der Waals surface area contributed by atoms with Crippen LogP contribution in [0, 0.1) is 5.92 Å². The minimum absolute atomic E-state index is 0.133. The fourth-order valence-electron chi connectivity index (χ4n) is 2.46. The van der Waals surface area contributed by atoms with Gasteiger partial charge < -0.3 is 4.74 Å². The van der Waals surface area contributed by atoms with Gasteiger partial charge in [-0.3, -0.25) is 9.35 Å². The van der Waals surface area contributed by atoms with Crippen molar-refractivity contribution in [2.24, 2.45) is 5.92 Å². The Kier molecular flexibility index (Phi) is 12.5. The Labute approximate surface area is 135 Å². The molecule has 0 aromatic heterocycles. The summed E-state index contributed by atoms with van der Waals surface area (Å²) in [7, 11) is -4.02. The monoisotopic (exact) mass is 336 g/mol. The molecule has 1 unspecified atom stereocenters. The van der Waals surface area contributed by atoms with Crippen molar-refractivity contribution in [3.05, 3.63) is 0 Å². The Hall–Kier alpha value is -0.620. The molecule has 0 aromatic rings. The number of carbonyl (C=O) groups excluding carboxylic acids is 1. The van der Waals surface area contributed by atoms with E-state index in [9.17, 15) is 13.2 Å². The molecule has 0 heterocycles. The van der Waals surface area contributed by atoms with Crippen LogP contribution in [0.5, 0.6) is 0 Å². The van der Waals surface area contributed by atoms with E-state index in [1.807, 2.05) is 0 Å². The molecule has 0 rings (SSSR count). The molecule has 0 aliphatic heterocycles. The molecule has 0 amide bonds. The molecule has 0 bridgehead atoms. The highest BCUT2D eigenvalue weighted by Crippen LogP contribution is 2.18. The van der Waals surface area contributed by atoms with Crippen LogP contribution in [0.1, 0.15) is 78.1 Å². The molecule has 1 atom stereocenters. The lowest BCUT2D eigenvalue weighted by Gasteiger charge is -2.14. The van der Waals surface area contributed by atoms with Crippen molar-refractivity contribution < 1.29 is 22.5 Å². The second-order valence-electron chi connectivity index (χ2n) is 5.79. The Morgan fingerprint density at radius 1 is 0.955 bits per heavy atom. The summed E-state index contributed by atoms with van der Waals surface area (Å²) < 4.78 is 35.4. The third kappa shape index (κ3) is 13.1. The number of rotatable bonds is 14. The summed E-state index contributed by atoms with van der Waals surface area (Å²) in [5, 5.41) is 0. The van der Waals surface area contributed by atoms with Crippen LogP contribution in [-0.4, -0.2) is 31.3 Å². The van der Waals surface area contributed by atoms with Crippen molar-refractivity contribution in [1.29, 1.82) is 0 Å². The van der Waals surface area contributed by atoms with Gasteiger partial charge in [-0.05, 0) is 19.8 Å². The number of esters is 1. The van der Waals surface area contributed by atoms with Crippen LogP contribution < -0.4 is 0 Å². The quantitative estimate of drug-likeness (QED) is 0.295. The third-order valence-corrected chi connectivity index (χ3v) is 4.50. The Morgan fingerprint density at radius 3 is 2.00 bits per heavy atom. The van der Waals surface area contributed by atoms with E-state index >= 15 is 0 Å². The summed E-state index contributed by atoms with van der Waals surface area (Å²) in [6, 6.07) is 0. The standard InChI is InChI=1S/C16H32O5S/c1-3-5-6-7-8-9-10-11-12-15(16(17)21-4-2)13-14-22(18,19)20/h15H,3-14H2,1-2H3,(H,18,19,20). The van der Waals surface area contributed by atoms with E-state index in [1.165, 1.54) is 32.1 Å². The van der Waals surface area contributed by atoms with Crippen LogP contribution in [0.4, 0.5) is 0 Å². The van der Waals surface area contributed by atoms with Gasteiger partial charge in [-0.1, -0.05) is 58.3 Å². The Morgan fingerprint density at radius 2 is 1.50 bits per heavy atom. The first-order valence-corrected chi connectivity index (χ1v) is 10.1. The minimum atomic E-state index is -4.02. The average Bonchev–Trinajstić information content (AvgIpc) is 2.44. The highest BCUT2D eigenvalue weighted by Gasteiger charge is 2.21. The lowest BCUT2D eigenvalue weighted by Crippen LogP contribution is -2.21. The third-order valence-electron chi connectivity index (χ3n) is 3.75. The zero-order valence-corrected chi connectivity index (χ0v) is 14.9. The molecule has 0 saturated carbocycles. The zero-order valence-electron chi connectivity index (χ0n) is 14.1. The summed E-state index contributed by atoms with van der Waals surface area (Å²) in [5.41, 5.74) is 0. The zero-order chi connectivity index (χ0) is 16.8. The van der Waals surface area contributed by atoms with E-state index in [4.69, 9.17) is 9.29 Å². The van der Waals surface area contributed by atoms with Gasteiger partial charge in [-0.2, -0.15) is 8.42 Å². The predicted octanol–water partition coefficient (Wildman–Crippen LogP) is 3.97. The van der Waals surface area contributed by atoms with E-state index in [-0.39, 0.29) is 18.1 Å². The van der Waals surface area contributed by atoms with E-state index in [0.29, 0.717) is 13.0 Å². The Balaban J connectivity index is 3.95. The largest absolute Gasteiger partial charge is 0.466 e. The smallest absolute Gasteiger partial charge is 0.308 e. The topological polar surface area (TPSA) is 80.7 Å². The first kappa shape index (κ1) is 21.4. The first-order chi connectivity index (χ1) is 10.4. The summed E-state index contributed by atoms with van der Waals surface area (Å²) in [6.07, 6.45) is 10.2. The lowest BCUT2D eigenvalue weighted by molar-refractivity contribution is -0.148. The number of hydrogen-bond donors (Lipinski definition) is 1. The first-order valence-electron chi connectivity index (χ1n) is 8.52. The maximum atomic E-state index is 11.8. The highest BCUT2D eigenvalue weighted by molar-refractivity contribution is 7.85. The minimum Gasteiger partial charge on any atom is -0.466 e. The van der Waals surface area contributed by atoms with Gasteiger partial charge in [-0.15, -0.1) is 0 Å². The molecule has 6 heteroatoms. The average molecular weight is 336 g/mol. The summed E-state index contributed by atoms with van der Waals surface area (Å²) >= 11 is 0. The maximum absolute atomic E-state index is 11.8. The van der Waals surface area contributed by atoms with E-state index < -0.39 is 16.0 Å². The van der Waals surface area contributed by atoms with Gasteiger partial charge in [0.05, 0.1) is 18.3 Å². The second kappa shape index (κ2) is 12.9. The Bertz CT molecular complexity index is 378. The summed E-state index contributed by atoms with van der Waals surface area (Å²) in [6.45, 7) is 4.22. The molecule has 0 fully saturated rings. The summed E-state index contributed by atoms with van der Waals surface area (Å²) in [5.74, 6) is -1.16. The van der Waals surface area contributed by atoms with Crippen LogP contribution in [0.15, 0.2) is 0 Å². The molecule has 1 N–H and O–H groups in total. The van der Waals surface area contributed by atoms with Gasteiger partial charge in [-0.25, -0.2) is 0 Å². The van der Waals surface area contributed by atoms with Crippen LogP contribution in [0.3, 0.4) is 0 Å². The van der Waals surface area contributed by atoms with Crippen molar-refractivity contribution in [2.45, 2.75) is 78.1 Å². The SMILES string of the molecule is CCCCCCCCCCC(CCS(=O)(=O)O)C(=O)OCC. The van der Waals surface area contributed by atoms with Crippen LogP contribution in [0.2, 0.25) is 0 Å². The van der Waals surface area contributed by atoms with Crippen LogP contribution >= 0.6 is 0 Å².